The highest BCUT2D eigenvalue weighted by atomic mass is 79.9. The number of rotatable bonds is 4. The smallest absolute Gasteiger partial charge is 0.216 e. The first-order chi connectivity index (χ1) is 11.2. The zero-order valence-corrected chi connectivity index (χ0v) is 14.6. The van der Waals surface area contributed by atoms with Crippen LogP contribution < -0.4 is 4.74 Å². The molecule has 5 nitrogen and oxygen atoms in total. The summed E-state index contributed by atoms with van der Waals surface area (Å²) >= 11 is 8.77. The molecule has 0 bridgehead atoms. The van der Waals surface area contributed by atoms with Gasteiger partial charge in [0.1, 0.15) is 5.75 Å². The molecule has 0 aliphatic carbocycles. The standard InChI is InChI=1S/C16H13BrN4OS/c1-22-14-9-5-3-7-12(14)15-19-20-16(23)21(15)18-10-11-6-2-4-8-13(11)17/h2-10H,1H3,(H,20,23). The van der Waals surface area contributed by atoms with E-state index in [0.717, 1.165) is 15.6 Å². The SMILES string of the molecule is COc1ccccc1-c1n[nH]c(=S)n1N=Cc1ccccc1Br. The molecule has 7 heteroatoms. The maximum atomic E-state index is 5.39. The Morgan fingerprint density at radius 3 is 2.74 bits per heavy atom. The lowest BCUT2D eigenvalue weighted by atomic mass is 10.2. The molecule has 0 aliphatic heterocycles. The van der Waals surface area contributed by atoms with E-state index in [1.54, 1.807) is 18.0 Å². The number of H-pyrrole nitrogens is 1. The van der Waals surface area contributed by atoms with Crippen LogP contribution in [-0.2, 0) is 0 Å². The van der Waals surface area contributed by atoms with E-state index in [1.165, 1.54) is 0 Å². The summed E-state index contributed by atoms with van der Waals surface area (Å²) in [4.78, 5) is 0. The molecular formula is C16H13BrN4OS. The molecule has 23 heavy (non-hydrogen) atoms. The van der Waals surface area contributed by atoms with Gasteiger partial charge in [-0.3, -0.25) is 0 Å². The third-order valence-electron chi connectivity index (χ3n) is 3.22. The van der Waals surface area contributed by atoms with E-state index in [2.05, 4.69) is 31.2 Å². The average Bonchev–Trinajstić information content (AvgIpc) is 2.95. The van der Waals surface area contributed by atoms with Gasteiger partial charge in [-0.05, 0) is 30.4 Å². The highest BCUT2D eigenvalue weighted by Crippen LogP contribution is 2.28. The van der Waals surface area contributed by atoms with Crippen molar-refractivity contribution in [3.05, 3.63) is 63.3 Å². The van der Waals surface area contributed by atoms with Gasteiger partial charge in [-0.2, -0.15) is 14.9 Å². The number of hydrogen-bond donors (Lipinski definition) is 1. The Labute approximate surface area is 146 Å². The van der Waals surface area contributed by atoms with Crippen LogP contribution in [0.25, 0.3) is 11.4 Å². The minimum atomic E-state index is 0.411. The summed E-state index contributed by atoms with van der Waals surface area (Å²) in [6.07, 6.45) is 1.73. The van der Waals surface area contributed by atoms with E-state index in [9.17, 15) is 0 Å². The Balaban J connectivity index is 2.07. The number of ether oxygens (including phenoxy) is 1. The van der Waals surface area contributed by atoms with Gasteiger partial charge in [0, 0.05) is 10.0 Å². The van der Waals surface area contributed by atoms with Crippen LogP contribution in [0.3, 0.4) is 0 Å². The molecule has 3 rings (SSSR count). The molecule has 0 spiro atoms. The molecule has 1 N–H and O–H groups in total. The van der Waals surface area contributed by atoms with Gasteiger partial charge in [0.05, 0.1) is 18.9 Å². The number of methoxy groups -OCH3 is 1. The maximum Gasteiger partial charge on any atom is 0.216 e. The van der Waals surface area contributed by atoms with Gasteiger partial charge in [-0.15, -0.1) is 0 Å². The van der Waals surface area contributed by atoms with Gasteiger partial charge >= 0.3 is 0 Å². The molecule has 1 heterocycles. The highest BCUT2D eigenvalue weighted by Gasteiger charge is 2.12. The second-order valence-corrected chi connectivity index (χ2v) is 5.87. The van der Waals surface area contributed by atoms with Gasteiger partial charge in [0.15, 0.2) is 5.82 Å². The number of halogens is 1. The lowest BCUT2D eigenvalue weighted by molar-refractivity contribution is 0.416. The number of aromatic amines is 1. The van der Waals surface area contributed by atoms with Crippen molar-refractivity contribution in [3.63, 3.8) is 0 Å². The molecule has 0 saturated heterocycles. The fourth-order valence-corrected chi connectivity index (χ4v) is 2.67. The molecule has 3 aromatic rings. The summed E-state index contributed by atoms with van der Waals surface area (Å²) in [5.74, 6) is 1.30. The van der Waals surface area contributed by atoms with Crippen LogP contribution in [0.1, 0.15) is 5.56 Å². The lowest BCUT2D eigenvalue weighted by Crippen LogP contribution is -1.97. The van der Waals surface area contributed by atoms with Crippen LogP contribution in [0, 0.1) is 4.77 Å². The maximum absolute atomic E-state index is 5.39. The molecule has 0 saturated carbocycles. The predicted octanol–water partition coefficient (Wildman–Crippen LogP) is 4.26. The van der Waals surface area contributed by atoms with Crippen LogP contribution in [0.4, 0.5) is 0 Å². The molecular weight excluding hydrogens is 376 g/mol. The number of aromatic nitrogens is 3. The third-order valence-corrected chi connectivity index (χ3v) is 4.20. The van der Waals surface area contributed by atoms with E-state index in [-0.39, 0.29) is 0 Å². The largest absolute Gasteiger partial charge is 0.496 e. The fraction of sp³-hybridized carbons (Fsp3) is 0.0625. The van der Waals surface area contributed by atoms with Gasteiger partial charge in [-0.25, -0.2) is 5.10 Å². The molecule has 2 aromatic carbocycles. The predicted molar refractivity (Wildman–Crippen MR) is 96.5 cm³/mol. The minimum absolute atomic E-state index is 0.411. The Hall–Kier alpha value is -2.25. The van der Waals surface area contributed by atoms with Crippen molar-refractivity contribution >= 4 is 34.4 Å². The number of nitrogens with zero attached hydrogens (tertiary/aromatic N) is 3. The van der Waals surface area contributed by atoms with Crippen molar-refractivity contribution in [3.8, 4) is 17.1 Å². The average molecular weight is 389 g/mol. The summed E-state index contributed by atoms with van der Waals surface area (Å²) in [6.45, 7) is 0. The van der Waals surface area contributed by atoms with Crippen LogP contribution in [-0.4, -0.2) is 28.2 Å². The summed E-state index contributed by atoms with van der Waals surface area (Å²) in [6, 6.07) is 15.4. The number of benzene rings is 2. The third kappa shape index (κ3) is 3.25. The summed E-state index contributed by atoms with van der Waals surface area (Å²) in [5.41, 5.74) is 1.76. The van der Waals surface area contributed by atoms with Crippen molar-refractivity contribution in [2.75, 3.05) is 7.11 Å². The van der Waals surface area contributed by atoms with E-state index in [1.807, 2.05) is 48.5 Å². The van der Waals surface area contributed by atoms with Gasteiger partial charge in [0.25, 0.3) is 0 Å². The summed E-state index contributed by atoms with van der Waals surface area (Å²) in [5, 5.41) is 11.5. The second kappa shape index (κ2) is 6.89. The van der Waals surface area contributed by atoms with Gasteiger partial charge < -0.3 is 4.74 Å². The first kappa shape index (κ1) is 15.6. The second-order valence-electron chi connectivity index (χ2n) is 4.63. The van der Waals surface area contributed by atoms with Gasteiger partial charge in [0.2, 0.25) is 4.77 Å². The monoisotopic (exact) mass is 388 g/mol. The molecule has 0 radical (unpaired) electrons. The Bertz CT molecular complexity index is 916. The van der Waals surface area contributed by atoms with E-state index >= 15 is 0 Å². The number of nitrogens with one attached hydrogen (secondary N) is 1. The topological polar surface area (TPSA) is 55.2 Å². The normalized spacial score (nSPS) is 11.0. The first-order valence-electron chi connectivity index (χ1n) is 6.80. The van der Waals surface area contributed by atoms with Crippen LogP contribution in [0.15, 0.2) is 58.1 Å². The quantitative estimate of drug-likeness (QED) is 0.536. The molecule has 0 amide bonds. The summed E-state index contributed by atoms with van der Waals surface area (Å²) in [7, 11) is 1.62. The van der Waals surface area contributed by atoms with Crippen molar-refractivity contribution in [2.45, 2.75) is 0 Å². The fourth-order valence-electron chi connectivity index (χ4n) is 2.10. The molecule has 1 aromatic heterocycles. The van der Waals surface area contributed by atoms with Crippen molar-refractivity contribution in [1.29, 1.82) is 0 Å². The van der Waals surface area contributed by atoms with E-state index < -0.39 is 0 Å². The minimum Gasteiger partial charge on any atom is -0.496 e. The Morgan fingerprint density at radius 2 is 1.96 bits per heavy atom. The molecule has 116 valence electrons. The Kier molecular flexibility index (Phi) is 4.68. The van der Waals surface area contributed by atoms with Crippen LogP contribution in [0.5, 0.6) is 5.75 Å². The first-order valence-corrected chi connectivity index (χ1v) is 8.00. The Morgan fingerprint density at radius 1 is 1.22 bits per heavy atom. The molecule has 0 unspecified atom stereocenters. The van der Waals surface area contributed by atoms with Gasteiger partial charge in [-0.1, -0.05) is 46.3 Å². The van der Waals surface area contributed by atoms with Crippen LogP contribution in [0.2, 0.25) is 0 Å². The number of para-hydroxylation sites is 1. The number of hydrogen-bond acceptors (Lipinski definition) is 4. The van der Waals surface area contributed by atoms with E-state index in [4.69, 9.17) is 17.0 Å². The molecule has 0 fully saturated rings. The summed E-state index contributed by atoms with van der Waals surface area (Å²) < 4.78 is 8.33. The zero-order valence-electron chi connectivity index (χ0n) is 12.2. The van der Waals surface area contributed by atoms with Crippen molar-refractivity contribution in [2.24, 2.45) is 5.10 Å². The molecule has 0 aliphatic rings. The molecule has 0 atom stereocenters. The van der Waals surface area contributed by atoms with Crippen molar-refractivity contribution < 1.29 is 4.74 Å². The van der Waals surface area contributed by atoms with Crippen LogP contribution >= 0.6 is 28.1 Å². The highest BCUT2D eigenvalue weighted by molar-refractivity contribution is 9.10. The zero-order chi connectivity index (χ0) is 16.2. The van der Waals surface area contributed by atoms with E-state index in [0.29, 0.717) is 16.3 Å². The van der Waals surface area contributed by atoms with Crippen molar-refractivity contribution in [1.82, 2.24) is 14.9 Å². The lowest BCUT2D eigenvalue weighted by Gasteiger charge is -2.06.